The highest BCUT2D eigenvalue weighted by Crippen LogP contribution is 2.02. The van der Waals surface area contributed by atoms with Gasteiger partial charge in [0.05, 0.1) is 0 Å². The number of carbonyl (C=O) groups is 5. The molecule has 0 saturated carbocycles. The molecule has 136 valence electrons. The van der Waals surface area contributed by atoms with Crippen molar-refractivity contribution in [2.45, 2.75) is 45.1 Å². The average Bonchev–Trinajstić information content (AvgIpc) is 2.46. The molecule has 0 unspecified atom stereocenters. The van der Waals surface area contributed by atoms with E-state index in [0.29, 0.717) is 6.42 Å². The first kappa shape index (κ1) is 22.3. The fourth-order valence-corrected chi connectivity index (χ4v) is 2.04. The standard InChI is InChI=1S/C14H22IN3O6/c1-9(19)3-2-4-11(20)18-10(5-6-12(21)22)13(23)16-7-8-17-14(15)24/h10H,2-8H2,1H3,(H,16,23)(H,17,24)(H,18,20)(H,21,22)/t10-/m1/s1. The summed E-state index contributed by atoms with van der Waals surface area (Å²) in [5, 5.41) is 16.2. The fourth-order valence-electron chi connectivity index (χ4n) is 1.77. The Morgan fingerprint density at radius 1 is 1.00 bits per heavy atom. The number of nitrogens with one attached hydrogen (secondary N) is 3. The molecule has 0 aliphatic carbocycles. The van der Waals surface area contributed by atoms with Gasteiger partial charge in [0.15, 0.2) is 0 Å². The van der Waals surface area contributed by atoms with Crippen molar-refractivity contribution in [1.82, 2.24) is 16.0 Å². The predicted octanol–water partition coefficient (Wildman–Crippen LogP) is 0.356. The molecule has 24 heavy (non-hydrogen) atoms. The number of carbonyl (C=O) groups excluding carboxylic acids is 4. The van der Waals surface area contributed by atoms with E-state index in [-0.39, 0.29) is 48.5 Å². The highest BCUT2D eigenvalue weighted by Gasteiger charge is 2.21. The second kappa shape index (κ2) is 12.7. The Balaban J connectivity index is 4.40. The molecule has 0 aromatic heterocycles. The van der Waals surface area contributed by atoms with Crippen LogP contribution in [0.3, 0.4) is 0 Å². The van der Waals surface area contributed by atoms with Gasteiger partial charge in [0.2, 0.25) is 11.8 Å². The van der Waals surface area contributed by atoms with E-state index in [2.05, 4.69) is 16.0 Å². The average molecular weight is 455 g/mol. The summed E-state index contributed by atoms with van der Waals surface area (Å²) < 4.78 is -0.261. The second-order valence-electron chi connectivity index (χ2n) is 5.10. The summed E-state index contributed by atoms with van der Waals surface area (Å²) in [6.07, 6.45) is 0.418. The second-order valence-corrected chi connectivity index (χ2v) is 6.08. The minimum Gasteiger partial charge on any atom is -0.481 e. The molecule has 0 radical (unpaired) electrons. The number of carboxylic acids is 1. The van der Waals surface area contributed by atoms with Gasteiger partial charge in [0, 0.05) is 54.9 Å². The van der Waals surface area contributed by atoms with Crippen LogP contribution in [0.2, 0.25) is 0 Å². The Morgan fingerprint density at radius 3 is 2.17 bits per heavy atom. The van der Waals surface area contributed by atoms with Crippen LogP contribution in [0.25, 0.3) is 0 Å². The van der Waals surface area contributed by atoms with Crippen LogP contribution in [-0.2, 0) is 19.2 Å². The molecule has 0 aromatic rings. The summed E-state index contributed by atoms with van der Waals surface area (Å²) in [6.45, 7) is 1.82. The third-order valence-electron chi connectivity index (χ3n) is 2.92. The number of ketones is 1. The monoisotopic (exact) mass is 455 g/mol. The van der Waals surface area contributed by atoms with Gasteiger partial charge in [-0.25, -0.2) is 0 Å². The predicted molar refractivity (Wildman–Crippen MR) is 93.8 cm³/mol. The van der Waals surface area contributed by atoms with E-state index in [4.69, 9.17) is 5.11 Å². The smallest absolute Gasteiger partial charge is 0.303 e. The van der Waals surface area contributed by atoms with Crippen molar-refractivity contribution in [2.75, 3.05) is 13.1 Å². The van der Waals surface area contributed by atoms with Gasteiger partial charge in [-0.1, -0.05) is 0 Å². The third kappa shape index (κ3) is 12.8. The van der Waals surface area contributed by atoms with Crippen LogP contribution >= 0.6 is 22.6 Å². The zero-order valence-electron chi connectivity index (χ0n) is 13.4. The molecule has 0 saturated heterocycles. The molecule has 0 aliphatic heterocycles. The molecule has 9 nitrogen and oxygen atoms in total. The van der Waals surface area contributed by atoms with Crippen LogP contribution in [-0.4, -0.2) is 51.7 Å². The number of hydrogen-bond donors (Lipinski definition) is 4. The van der Waals surface area contributed by atoms with Gasteiger partial charge in [-0.2, -0.15) is 0 Å². The topological polar surface area (TPSA) is 142 Å². The van der Waals surface area contributed by atoms with Crippen molar-refractivity contribution < 1.29 is 29.1 Å². The number of aliphatic carboxylic acids is 1. The van der Waals surface area contributed by atoms with Gasteiger partial charge in [-0.3, -0.25) is 19.2 Å². The number of rotatable bonds is 12. The summed E-state index contributed by atoms with van der Waals surface area (Å²) in [5.41, 5.74) is 0. The third-order valence-corrected chi connectivity index (χ3v) is 3.30. The molecule has 4 N–H and O–H groups in total. The number of carboxylic acid groups (broad SMARTS) is 1. The molecule has 3 amide bonds. The number of Topliss-reactive ketones (excluding diaryl/α,β-unsaturated/α-hetero) is 1. The number of amides is 3. The molecule has 0 fully saturated rings. The van der Waals surface area contributed by atoms with Gasteiger partial charge >= 0.3 is 5.97 Å². The Kier molecular flexibility index (Phi) is 11.8. The van der Waals surface area contributed by atoms with Crippen molar-refractivity contribution in [3.63, 3.8) is 0 Å². The van der Waals surface area contributed by atoms with Crippen LogP contribution in [0, 0.1) is 0 Å². The molecule has 0 heterocycles. The molecule has 0 spiro atoms. The lowest BCUT2D eigenvalue weighted by molar-refractivity contribution is -0.138. The molecule has 0 aromatic carbocycles. The summed E-state index contributed by atoms with van der Waals surface area (Å²) in [4.78, 5) is 56.0. The minimum absolute atomic E-state index is 0.0275. The van der Waals surface area contributed by atoms with E-state index >= 15 is 0 Å². The molecule has 0 rings (SSSR count). The Hall–Kier alpha value is -1.72. The molecule has 0 bridgehead atoms. The summed E-state index contributed by atoms with van der Waals surface area (Å²) in [7, 11) is 0. The summed E-state index contributed by atoms with van der Waals surface area (Å²) in [5.74, 6) is -2.03. The summed E-state index contributed by atoms with van der Waals surface area (Å²) >= 11 is 1.56. The van der Waals surface area contributed by atoms with E-state index in [1.165, 1.54) is 6.92 Å². The van der Waals surface area contributed by atoms with E-state index < -0.39 is 23.8 Å². The Labute approximate surface area is 153 Å². The van der Waals surface area contributed by atoms with Crippen molar-refractivity contribution in [3.05, 3.63) is 0 Å². The fraction of sp³-hybridized carbons (Fsp3) is 0.643. The first-order chi connectivity index (χ1) is 11.2. The molecule has 0 aliphatic rings. The highest BCUT2D eigenvalue weighted by atomic mass is 127. The van der Waals surface area contributed by atoms with Crippen LogP contribution in [0.5, 0.6) is 0 Å². The van der Waals surface area contributed by atoms with E-state index in [0.717, 1.165) is 0 Å². The SMILES string of the molecule is CC(=O)CCCC(=O)N[C@H](CCC(=O)O)C(=O)NCCNC(=O)I. The lowest BCUT2D eigenvalue weighted by Crippen LogP contribution is -2.48. The molecule has 10 heteroatoms. The molecular formula is C14H22IN3O6. The lowest BCUT2D eigenvalue weighted by Gasteiger charge is -2.18. The maximum absolute atomic E-state index is 12.0. The zero-order valence-corrected chi connectivity index (χ0v) is 15.6. The van der Waals surface area contributed by atoms with Gasteiger partial charge in [0.25, 0.3) is 3.91 Å². The number of hydrogen-bond acceptors (Lipinski definition) is 5. The first-order valence-electron chi connectivity index (χ1n) is 7.44. The Bertz CT molecular complexity index is 483. The summed E-state index contributed by atoms with van der Waals surface area (Å²) in [6, 6.07) is -0.971. The maximum atomic E-state index is 12.0. The molecular weight excluding hydrogens is 433 g/mol. The van der Waals surface area contributed by atoms with Crippen LogP contribution in [0.1, 0.15) is 39.0 Å². The quantitative estimate of drug-likeness (QED) is 0.145. The lowest BCUT2D eigenvalue weighted by atomic mass is 10.1. The molecule has 1 atom stereocenters. The largest absolute Gasteiger partial charge is 0.481 e. The van der Waals surface area contributed by atoms with E-state index in [9.17, 15) is 24.0 Å². The van der Waals surface area contributed by atoms with Gasteiger partial charge < -0.3 is 25.9 Å². The highest BCUT2D eigenvalue weighted by molar-refractivity contribution is 14.1. The maximum Gasteiger partial charge on any atom is 0.303 e. The van der Waals surface area contributed by atoms with Gasteiger partial charge in [-0.05, 0) is 19.8 Å². The van der Waals surface area contributed by atoms with Crippen molar-refractivity contribution in [1.29, 1.82) is 0 Å². The number of halogens is 1. The zero-order chi connectivity index (χ0) is 18.5. The van der Waals surface area contributed by atoms with Gasteiger partial charge in [0.1, 0.15) is 11.8 Å². The minimum atomic E-state index is -1.07. The van der Waals surface area contributed by atoms with Crippen LogP contribution in [0.15, 0.2) is 0 Å². The van der Waals surface area contributed by atoms with E-state index in [1.54, 1.807) is 22.6 Å². The van der Waals surface area contributed by atoms with Crippen molar-refractivity contribution >= 4 is 50.1 Å². The normalized spacial score (nSPS) is 11.2. The first-order valence-corrected chi connectivity index (χ1v) is 8.52. The Morgan fingerprint density at radius 2 is 1.62 bits per heavy atom. The van der Waals surface area contributed by atoms with Crippen molar-refractivity contribution in [2.24, 2.45) is 0 Å². The van der Waals surface area contributed by atoms with E-state index in [1.807, 2.05) is 0 Å². The van der Waals surface area contributed by atoms with Crippen LogP contribution in [0.4, 0.5) is 4.79 Å². The van der Waals surface area contributed by atoms with Gasteiger partial charge in [-0.15, -0.1) is 0 Å². The van der Waals surface area contributed by atoms with Crippen LogP contribution < -0.4 is 16.0 Å². The van der Waals surface area contributed by atoms with Crippen molar-refractivity contribution in [3.8, 4) is 0 Å².